The number of nitrogens with two attached hydrogens (primary N) is 1. The first-order valence-electron chi connectivity index (χ1n) is 5.70. The third kappa shape index (κ3) is 2.47. The summed E-state index contributed by atoms with van der Waals surface area (Å²) in [5, 5.41) is 18.6. The Morgan fingerprint density at radius 3 is 2.52 bits per heavy atom. The molecule has 0 aliphatic rings. The van der Waals surface area contributed by atoms with E-state index < -0.39 is 5.82 Å². The minimum atomic E-state index is -0.550. The monoisotopic (exact) mass is 300 g/mol. The molecule has 0 amide bonds. The first kappa shape index (κ1) is 14.6. The van der Waals surface area contributed by atoms with E-state index in [0.717, 1.165) is 0 Å². The maximum Gasteiger partial charge on any atom is 0.165 e. The molecule has 2 N–H and O–H groups in total. The number of halogens is 1. The Balaban J connectivity index is 2.86. The lowest BCUT2D eigenvalue weighted by molar-refractivity contribution is 0.387. The lowest BCUT2D eigenvalue weighted by Crippen LogP contribution is -2.02. The van der Waals surface area contributed by atoms with Gasteiger partial charge >= 0.3 is 0 Å². The Morgan fingerprint density at radius 1 is 1.29 bits per heavy atom. The number of hydrogen-bond donors (Lipinski definition) is 2. The summed E-state index contributed by atoms with van der Waals surface area (Å²) < 4.78 is 18.4. The Kier molecular flexibility index (Phi) is 3.97. The quantitative estimate of drug-likeness (QED) is 0.831. The number of ether oxygens (including phenoxy) is 1. The number of aromatic nitrogens is 1. The number of nitriles is 2. The summed E-state index contributed by atoms with van der Waals surface area (Å²) in [5.41, 5.74) is 6.51. The molecular weight excluding hydrogens is 291 g/mol. The number of benzene rings is 1. The van der Waals surface area contributed by atoms with Crippen LogP contribution in [0.4, 0.5) is 10.2 Å². The van der Waals surface area contributed by atoms with Crippen molar-refractivity contribution in [3.05, 3.63) is 35.1 Å². The maximum absolute atomic E-state index is 13.5. The van der Waals surface area contributed by atoms with E-state index in [1.807, 2.05) is 12.1 Å². The second-order valence-corrected chi connectivity index (χ2v) is 4.44. The van der Waals surface area contributed by atoms with Crippen LogP contribution in [-0.2, 0) is 0 Å². The lowest BCUT2D eigenvalue weighted by atomic mass is 9.96. The second-order valence-electron chi connectivity index (χ2n) is 4.02. The number of hydrogen-bond acceptors (Lipinski definition) is 6. The van der Waals surface area contributed by atoms with Gasteiger partial charge in [0.15, 0.2) is 11.6 Å². The summed E-state index contributed by atoms with van der Waals surface area (Å²) in [7, 11) is 1.32. The van der Waals surface area contributed by atoms with Crippen LogP contribution in [0.2, 0.25) is 0 Å². The number of nitrogens with zero attached hydrogens (tertiary/aromatic N) is 3. The molecule has 1 aromatic heterocycles. The predicted octanol–water partition coefficient (Wildman–Crippen LogP) is 2.51. The van der Waals surface area contributed by atoms with Crippen molar-refractivity contribution in [2.45, 2.75) is 5.03 Å². The highest BCUT2D eigenvalue weighted by molar-refractivity contribution is 7.80. The van der Waals surface area contributed by atoms with Crippen LogP contribution >= 0.6 is 12.6 Å². The molecule has 0 bridgehead atoms. The van der Waals surface area contributed by atoms with Crippen molar-refractivity contribution in [3.63, 3.8) is 0 Å². The van der Waals surface area contributed by atoms with E-state index >= 15 is 0 Å². The third-order valence-electron chi connectivity index (χ3n) is 2.87. The molecule has 1 heterocycles. The zero-order valence-electron chi connectivity index (χ0n) is 10.9. The van der Waals surface area contributed by atoms with Crippen LogP contribution in [0.1, 0.15) is 11.1 Å². The zero-order valence-corrected chi connectivity index (χ0v) is 11.8. The SMILES string of the molecule is COc1cc(-c2c(C#N)c(N)nc(S)c2C#N)ccc1F. The molecule has 5 nitrogen and oxygen atoms in total. The molecule has 1 aromatic carbocycles. The Labute approximate surface area is 125 Å². The Morgan fingerprint density at radius 2 is 1.95 bits per heavy atom. The van der Waals surface area contributed by atoms with Crippen LogP contribution in [0.15, 0.2) is 23.2 Å². The minimum absolute atomic E-state index is 0.00335. The van der Waals surface area contributed by atoms with Gasteiger partial charge in [-0.3, -0.25) is 0 Å². The van der Waals surface area contributed by atoms with Crippen molar-refractivity contribution in [2.75, 3.05) is 12.8 Å². The van der Waals surface area contributed by atoms with Crippen LogP contribution < -0.4 is 10.5 Å². The Bertz CT molecular complexity index is 770. The van der Waals surface area contributed by atoms with Gasteiger partial charge in [0.1, 0.15) is 28.5 Å². The van der Waals surface area contributed by atoms with E-state index in [9.17, 15) is 14.9 Å². The molecule has 0 spiro atoms. The van der Waals surface area contributed by atoms with Crippen LogP contribution in [0.3, 0.4) is 0 Å². The number of pyridine rings is 1. The van der Waals surface area contributed by atoms with Crippen molar-refractivity contribution in [2.24, 2.45) is 0 Å². The molecule has 0 fully saturated rings. The summed E-state index contributed by atoms with van der Waals surface area (Å²) in [5.74, 6) is -0.595. The number of anilines is 1. The molecule has 0 aliphatic heterocycles. The fourth-order valence-corrected chi connectivity index (χ4v) is 2.18. The van der Waals surface area contributed by atoms with Gasteiger partial charge in [-0.1, -0.05) is 6.07 Å². The van der Waals surface area contributed by atoms with Gasteiger partial charge in [0.25, 0.3) is 0 Å². The Hall–Kier alpha value is -2.77. The molecule has 104 valence electrons. The standard InChI is InChI=1S/C14H9FN4OS/c1-20-11-4-7(2-3-10(11)15)12-8(5-16)13(18)19-14(21)9(12)6-17/h2-4H,1H3,(H3,18,19,21). The average molecular weight is 300 g/mol. The van der Waals surface area contributed by atoms with E-state index in [0.29, 0.717) is 5.56 Å². The molecule has 2 aromatic rings. The van der Waals surface area contributed by atoms with Gasteiger partial charge in [0.05, 0.1) is 12.7 Å². The highest BCUT2D eigenvalue weighted by atomic mass is 32.1. The van der Waals surface area contributed by atoms with Gasteiger partial charge in [-0.2, -0.15) is 10.5 Å². The summed E-state index contributed by atoms with van der Waals surface area (Å²) in [6.45, 7) is 0. The van der Waals surface area contributed by atoms with Crippen LogP contribution in [-0.4, -0.2) is 12.1 Å². The van der Waals surface area contributed by atoms with E-state index in [2.05, 4.69) is 17.6 Å². The molecule has 0 atom stereocenters. The van der Waals surface area contributed by atoms with Gasteiger partial charge in [-0.05, 0) is 17.7 Å². The number of methoxy groups -OCH3 is 1. The fourth-order valence-electron chi connectivity index (χ4n) is 1.91. The first-order valence-corrected chi connectivity index (χ1v) is 6.14. The van der Waals surface area contributed by atoms with Crippen molar-refractivity contribution in [1.29, 1.82) is 10.5 Å². The van der Waals surface area contributed by atoms with Gasteiger partial charge in [0, 0.05) is 5.56 Å². The largest absolute Gasteiger partial charge is 0.494 e. The molecular formula is C14H9FN4OS. The van der Waals surface area contributed by atoms with Gasteiger partial charge in [-0.25, -0.2) is 9.37 Å². The molecule has 0 radical (unpaired) electrons. The van der Waals surface area contributed by atoms with Crippen molar-refractivity contribution in [3.8, 4) is 29.0 Å². The number of thiol groups is 1. The number of rotatable bonds is 2. The summed E-state index contributed by atoms with van der Waals surface area (Å²) in [6.07, 6.45) is 0. The van der Waals surface area contributed by atoms with E-state index in [1.54, 1.807) is 0 Å². The smallest absolute Gasteiger partial charge is 0.165 e. The zero-order chi connectivity index (χ0) is 15.6. The molecule has 21 heavy (non-hydrogen) atoms. The highest BCUT2D eigenvalue weighted by Gasteiger charge is 2.19. The molecule has 0 saturated heterocycles. The maximum atomic E-state index is 13.5. The predicted molar refractivity (Wildman–Crippen MR) is 77.3 cm³/mol. The lowest BCUT2D eigenvalue weighted by Gasteiger charge is -2.12. The molecule has 2 rings (SSSR count). The van der Waals surface area contributed by atoms with Crippen molar-refractivity contribution < 1.29 is 9.13 Å². The van der Waals surface area contributed by atoms with Crippen molar-refractivity contribution >= 4 is 18.4 Å². The normalized spacial score (nSPS) is 9.76. The fraction of sp³-hybridized carbons (Fsp3) is 0.0714. The summed E-state index contributed by atoms with van der Waals surface area (Å²) in [6, 6.07) is 7.85. The summed E-state index contributed by atoms with van der Waals surface area (Å²) >= 11 is 4.09. The molecule has 0 unspecified atom stereocenters. The topological polar surface area (TPSA) is 95.7 Å². The molecule has 0 aliphatic carbocycles. The molecule has 7 heteroatoms. The van der Waals surface area contributed by atoms with E-state index in [-0.39, 0.29) is 33.3 Å². The second kappa shape index (κ2) is 5.70. The highest BCUT2D eigenvalue weighted by Crippen LogP contribution is 2.35. The van der Waals surface area contributed by atoms with E-state index in [4.69, 9.17) is 10.5 Å². The van der Waals surface area contributed by atoms with Crippen LogP contribution in [0.5, 0.6) is 5.75 Å². The van der Waals surface area contributed by atoms with Gasteiger partial charge in [0.2, 0.25) is 0 Å². The van der Waals surface area contributed by atoms with Gasteiger partial charge in [-0.15, -0.1) is 12.6 Å². The summed E-state index contributed by atoms with van der Waals surface area (Å²) in [4.78, 5) is 3.85. The van der Waals surface area contributed by atoms with Crippen molar-refractivity contribution in [1.82, 2.24) is 4.98 Å². The number of nitrogen functional groups attached to an aromatic ring is 1. The van der Waals surface area contributed by atoms with Gasteiger partial charge < -0.3 is 10.5 Å². The molecule has 0 saturated carbocycles. The average Bonchev–Trinajstić information content (AvgIpc) is 2.47. The third-order valence-corrected chi connectivity index (χ3v) is 3.19. The van der Waals surface area contributed by atoms with Crippen LogP contribution in [0.25, 0.3) is 11.1 Å². The van der Waals surface area contributed by atoms with Crippen LogP contribution in [0, 0.1) is 28.5 Å². The van der Waals surface area contributed by atoms with E-state index in [1.165, 1.54) is 25.3 Å². The first-order chi connectivity index (χ1) is 10.0. The minimum Gasteiger partial charge on any atom is -0.494 e.